The molecule has 0 aliphatic heterocycles. The summed E-state index contributed by atoms with van der Waals surface area (Å²) in [4.78, 5) is 12.9. The highest BCUT2D eigenvalue weighted by atomic mass is 35.5. The molecule has 0 spiro atoms. The largest absolute Gasteiger partial charge is 0.321 e. The lowest BCUT2D eigenvalue weighted by Gasteiger charge is -2.06. The third-order valence-corrected chi connectivity index (χ3v) is 4.07. The van der Waals surface area contributed by atoms with Gasteiger partial charge in [-0.1, -0.05) is 30.0 Å². The molecule has 1 heterocycles. The molecule has 0 radical (unpaired) electrons. The van der Waals surface area contributed by atoms with Crippen molar-refractivity contribution in [3.8, 4) is 0 Å². The maximum absolute atomic E-state index is 12.3. The summed E-state index contributed by atoms with van der Waals surface area (Å²) in [6.45, 7) is 2.06. The Hall–Kier alpha value is -1.46. The van der Waals surface area contributed by atoms with E-state index in [-0.39, 0.29) is 5.91 Å². The topological polar surface area (TPSA) is 54.9 Å². The van der Waals surface area contributed by atoms with E-state index in [0.29, 0.717) is 10.8 Å². The number of rotatable bonds is 7. The van der Waals surface area contributed by atoms with Gasteiger partial charge in [-0.2, -0.15) is 0 Å². The lowest BCUT2D eigenvalue weighted by molar-refractivity contribution is 0.102. The lowest BCUT2D eigenvalue weighted by Crippen LogP contribution is -2.12. The number of hydrogen-bond donors (Lipinski definition) is 1. The number of hydrogen-bond acceptors (Lipinski definition) is 4. The van der Waals surface area contributed by atoms with Gasteiger partial charge in [-0.3, -0.25) is 4.79 Å². The van der Waals surface area contributed by atoms with Crippen molar-refractivity contribution in [2.75, 3.05) is 11.2 Å². The standard InChI is InChI=1S/C15H18ClN3OS/c1-2-5-13-14(21-19-18-13)15(20)17-12-8-3-6-11(10-12)7-4-9-16/h3,6,8,10H,2,4-5,7,9H2,1H3,(H,17,20). The Labute approximate surface area is 133 Å². The second kappa shape index (κ2) is 8.10. The lowest BCUT2D eigenvalue weighted by atomic mass is 10.1. The molecule has 1 amide bonds. The van der Waals surface area contributed by atoms with Gasteiger partial charge in [0.2, 0.25) is 0 Å². The molecule has 6 heteroatoms. The summed E-state index contributed by atoms with van der Waals surface area (Å²) in [7, 11) is 0. The number of aromatic nitrogens is 2. The highest BCUT2D eigenvalue weighted by molar-refractivity contribution is 7.08. The Morgan fingerprint density at radius 2 is 2.24 bits per heavy atom. The van der Waals surface area contributed by atoms with Gasteiger partial charge in [-0.15, -0.1) is 16.7 Å². The Morgan fingerprint density at radius 1 is 1.38 bits per heavy atom. The van der Waals surface area contributed by atoms with Crippen LogP contribution in [0.25, 0.3) is 0 Å². The first kappa shape index (κ1) is 15.9. The molecule has 112 valence electrons. The molecule has 0 bridgehead atoms. The van der Waals surface area contributed by atoms with Crippen LogP contribution in [-0.4, -0.2) is 21.4 Å². The van der Waals surface area contributed by atoms with E-state index in [4.69, 9.17) is 11.6 Å². The Balaban J connectivity index is 2.06. The number of alkyl halides is 1. The van der Waals surface area contributed by atoms with Gasteiger partial charge < -0.3 is 5.32 Å². The van der Waals surface area contributed by atoms with Crippen LogP contribution in [-0.2, 0) is 12.8 Å². The molecule has 0 saturated heterocycles. The molecule has 0 unspecified atom stereocenters. The predicted octanol–water partition coefficient (Wildman–Crippen LogP) is 3.91. The summed E-state index contributed by atoms with van der Waals surface area (Å²) in [6.07, 6.45) is 3.56. The van der Waals surface area contributed by atoms with E-state index in [1.807, 2.05) is 24.3 Å². The molecule has 1 aromatic carbocycles. The number of nitrogens with one attached hydrogen (secondary N) is 1. The molecule has 21 heavy (non-hydrogen) atoms. The van der Waals surface area contributed by atoms with Crippen LogP contribution < -0.4 is 5.32 Å². The monoisotopic (exact) mass is 323 g/mol. The van der Waals surface area contributed by atoms with Gasteiger partial charge in [0.15, 0.2) is 0 Å². The summed E-state index contributed by atoms with van der Waals surface area (Å²) in [5.41, 5.74) is 2.74. The van der Waals surface area contributed by atoms with Crippen molar-refractivity contribution in [3.05, 3.63) is 40.4 Å². The number of carbonyl (C=O) groups is 1. The van der Waals surface area contributed by atoms with Crippen molar-refractivity contribution in [2.24, 2.45) is 0 Å². The van der Waals surface area contributed by atoms with Gasteiger partial charge in [0.1, 0.15) is 4.88 Å². The molecule has 1 N–H and O–H groups in total. The van der Waals surface area contributed by atoms with Gasteiger partial charge in [-0.25, -0.2) is 0 Å². The first-order chi connectivity index (χ1) is 10.2. The maximum Gasteiger partial charge on any atom is 0.269 e. The molecule has 0 saturated carbocycles. The molecule has 0 aliphatic carbocycles. The van der Waals surface area contributed by atoms with Crippen LogP contribution in [0.1, 0.15) is 40.7 Å². The van der Waals surface area contributed by atoms with Crippen molar-refractivity contribution < 1.29 is 4.79 Å². The first-order valence-electron chi connectivity index (χ1n) is 7.02. The van der Waals surface area contributed by atoms with Crippen molar-refractivity contribution in [1.82, 2.24) is 9.59 Å². The van der Waals surface area contributed by atoms with Gasteiger partial charge in [0.05, 0.1) is 5.69 Å². The minimum absolute atomic E-state index is 0.136. The van der Waals surface area contributed by atoms with Gasteiger partial charge in [0, 0.05) is 11.6 Å². The summed E-state index contributed by atoms with van der Waals surface area (Å²) in [5.74, 6) is 0.506. The van der Waals surface area contributed by atoms with Gasteiger partial charge >= 0.3 is 0 Å². The van der Waals surface area contributed by atoms with E-state index >= 15 is 0 Å². The van der Waals surface area contributed by atoms with Gasteiger partial charge in [0.25, 0.3) is 5.91 Å². The number of amides is 1. The Morgan fingerprint density at radius 3 is 3.00 bits per heavy atom. The molecule has 4 nitrogen and oxygen atoms in total. The quantitative estimate of drug-likeness (QED) is 0.786. The van der Waals surface area contributed by atoms with Crippen molar-refractivity contribution in [3.63, 3.8) is 0 Å². The Bertz CT molecular complexity index is 600. The summed E-state index contributed by atoms with van der Waals surface area (Å²) in [5, 5.41) is 6.94. The van der Waals surface area contributed by atoms with Crippen LogP contribution >= 0.6 is 23.1 Å². The fraction of sp³-hybridized carbons (Fsp3) is 0.400. The molecule has 2 rings (SSSR count). The van der Waals surface area contributed by atoms with Crippen LogP contribution in [0.15, 0.2) is 24.3 Å². The number of aryl methyl sites for hydroxylation is 2. The fourth-order valence-corrected chi connectivity index (χ4v) is 2.78. The number of carbonyl (C=O) groups excluding carboxylic acids is 1. The zero-order chi connectivity index (χ0) is 15.1. The second-order valence-corrected chi connectivity index (χ2v) is 5.88. The molecule has 0 atom stereocenters. The zero-order valence-electron chi connectivity index (χ0n) is 11.9. The number of anilines is 1. The molecule has 2 aromatic rings. The molecule has 1 aromatic heterocycles. The van der Waals surface area contributed by atoms with E-state index in [2.05, 4.69) is 21.8 Å². The maximum atomic E-state index is 12.3. The first-order valence-corrected chi connectivity index (χ1v) is 8.33. The second-order valence-electron chi connectivity index (χ2n) is 4.75. The molecular weight excluding hydrogens is 306 g/mol. The van der Waals surface area contributed by atoms with E-state index < -0.39 is 0 Å². The van der Waals surface area contributed by atoms with Crippen LogP contribution in [0.4, 0.5) is 5.69 Å². The smallest absolute Gasteiger partial charge is 0.269 e. The van der Waals surface area contributed by atoms with E-state index in [1.165, 1.54) is 5.56 Å². The third kappa shape index (κ3) is 4.51. The third-order valence-electron chi connectivity index (χ3n) is 3.03. The summed E-state index contributed by atoms with van der Waals surface area (Å²) < 4.78 is 3.88. The highest BCUT2D eigenvalue weighted by Crippen LogP contribution is 2.17. The van der Waals surface area contributed by atoms with Crippen LogP contribution in [0.5, 0.6) is 0 Å². The number of nitrogens with zero attached hydrogens (tertiary/aromatic N) is 2. The number of halogens is 1. The Kier molecular flexibility index (Phi) is 6.14. The average Bonchev–Trinajstić information content (AvgIpc) is 2.94. The van der Waals surface area contributed by atoms with E-state index in [1.54, 1.807) is 0 Å². The van der Waals surface area contributed by atoms with Crippen molar-refractivity contribution >= 4 is 34.7 Å². The van der Waals surface area contributed by atoms with E-state index in [9.17, 15) is 4.79 Å². The van der Waals surface area contributed by atoms with Crippen LogP contribution in [0.2, 0.25) is 0 Å². The summed E-state index contributed by atoms with van der Waals surface area (Å²) in [6, 6.07) is 7.85. The average molecular weight is 324 g/mol. The SMILES string of the molecule is CCCc1nnsc1C(=O)Nc1cccc(CCCCl)c1. The molecular formula is C15H18ClN3OS. The van der Waals surface area contributed by atoms with Crippen LogP contribution in [0, 0.1) is 0 Å². The fourth-order valence-electron chi connectivity index (χ4n) is 2.04. The van der Waals surface area contributed by atoms with Crippen molar-refractivity contribution in [1.29, 1.82) is 0 Å². The van der Waals surface area contributed by atoms with E-state index in [0.717, 1.165) is 48.6 Å². The number of benzene rings is 1. The highest BCUT2D eigenvalue weighted by Gasteiger charge is 2.15. The summed E-state index contributed by atoms with van der Waals surface area (Å²) >= 11 is 6.85. The van der Waals surface area contributed by atoms with Crippen molar-refractivity contribution in [2.45, 2.75) is 32.6 Å². The molecule has 0 aliphatic rings. The van der Waals surface area contributed by atoms with Gasteiger partial charge in [-0.05, 0) is 48.5 Å². The zero-order valence-corrected chi connectivity index (χ0v) is 13.5. The minimum Gasteiger partial charge on any atom is -0.321 e. The van der Waals surface area contributed by atoms with Crippen LogP contribution in [0.3, 0.4) is 0 Å². The molecule has 0 fully saturated rings. The normalized spacial score (nSPS) is 10.6. The minimum atomic E-state index is -0.136. The predicted molar refractivity (Wildman–Crippen MR) is 87.3 cm³/mol.